The Hall–Kier alpha value is -2.46. The molecule has 0 fully saturated rings. The molecule has 0 aliphatic rings. The monoisotopic (exact) mass is 350 g/mol. The van der Waals surface area contributed by atoms with Gasteiger partial charge in [-0.2, -0.15) is 0 Å². The van der Waals surface area contributed by atoms with Crippen LogP contribution >= 0.6 is 0 Å². The van der Waals surface area contributed by atoms with Gasteiger partial charge in [0, 0.05) is 18.4 Å². The van der Waals surface area contributed by atoms with Crippen LogP contribution in [-0.2, 0) is 4.79 Å². The Balaban J connectivity index is 1.57. The van der Waals surface area contributed by atoms with Gasteiger partial charge in [-0.1, -0.05) is 56.2 Å². The zero-order chi connectivity index (χ0) is 18.4. The van der Waals surface area contributed by atoms with Gasteiger partial charge in [-0.15, -0.1) is 0 Å². The number of aliphatic hydroxyl groups is 1. The van der Waals surface area contributed by atoms with Crippen LogP contribution in [0.3, 0.4) is 0 Å². The SMILES string of the molecule is CCC(=O)CCCCCC(O)c1ncc(-c2ccc3ccccc3c2)[nH]1. The van der Waals surface area contributed by atoms with Crippen molar-refractivity contribution in [1.82, 2.24) is 9.97 Å². The third-order valence-corrected chi connectivity index (χ3v) is 4.80. The number of Topliss-reactive ketones (excluding diaryl/α,β-unsaturated/α-hetero) is 1. The molecule has 3 rings (SSSR count). The second-order valence-corrected chi connectivity index (χ2v) is 6.75. The third kappa shape index (κ3) is 4.58. The molecule has 0 saturated heterocycles. The van der Waals surface area contributed by atoms with Crippen LogP contribution in [0.5, 0.6) is 0 Å². The Morgan fingerprint density at radius 2 is 1.92 bits per heavy atom. The fourth-order valence-corrected chi connectivity index (χ4v) is 3.16. The number of nitrogens with zero attached hydrogens (tertiary/aromatic N) is 1. The summed E-state index contributed by atoms with van der Waals surface area (Å²) in [6, 6.07) is 14.5. The summed E-state index contributed by atoms with van der Waals surface area (Å²) < 4.78 is 0. The van der Waals surface area contributed by atoms with Crippen LogP contribution in [0.4, 0.5) is 0 Å². The lowest BCUT2D eigenvalue weighted by Crippen LogP contribution is -2.00. The van der Waals surface area contributed by atoms with Gasteiger partial charge in [0.25, 0.3) is 0 Å². The molecular formula is C22H26N2O2. The molecule has 4 nitrogen and oxygen atoms in total. The number of benzene rings is 2. The largest absolute Gasteiger partial charge is 0.385 e. The lowest BCUT2D eigenvalue weighted by atomic mass is 10.1. The van der Waals surface area contributed by atoms with E-state index in [1.807, 2.05) is 19.1 Å². The number of hydrogen-bond donors (Lipinski definition) is 2. The van der Waals surface area contributed by atoms with Crippen molar-refractivity contribution in [3.05, 3.63) is 54.5 Å². The minimum Gasteiger partial charge on any atom is -0.385 e. The van der Waals surface area contributed by atoms with Crippen molar-refractivity contribution >= 4 is 16.6 Å². The van der Waals surface area contributed by atoms with E-state index in [0.717, 1.165) is 30.5 Å². The summed E-state index contributed by atoms with van der Waals surface area (Å²) in [5.41, 5.74) is 1.98. The molecule has 2 aromatic carbocycles. The van der Waals surface area contributed by atoms with Gasteiger partial charge >= 0.3 is 0 Å². The van der Waals surface area contributed by atoms with Crippen LogP contribution in [0.25, 0.3) is 22.0 Å². The van der Waals surface area contributed by atoms with Crippen molar-refractivity contribution in [3.63, 3.8) is 0 Å². The maximum Gasteiger partial charge on any atom is 0.135 e. The van der Waals surface area contributed by atoms with Crippen LogP contribution in [0.2, 0.25) is 0 Å². The highest BCUT2D eigenvalue weighted by molar-refractivity contribution is 5.86. The molecule has 1 aromatic heterocycles. The van der Waals surface area contributed by atoms with E-state index in [1.165, 1.54) is 10.8 Å². The van der Waals surface area contributed by atoms with E-state index in [-0.39, 0.29) is 0 Å². The number of unbranched alkanes of at least 4 members (excludes halogenated alkanes) is 2. The summed E-state index contributed by atoms with van der Waals surface area (Å²) in [6.07, 6.45) is 5.87. The molecule has 0 aliphatic carbocycles. The predicted molar refractivity (Wildman–Crippen MR) is 105 cm³/mol. The fourth-order valence-electron chi connectivity index (χ4n) is 3.16. The van der Waals surface area contributed by atoms with E-state index < -0.39 is 6.10 Å². The Labute approximate surface area is 154 Å². The average molecular weight is 350 g/mol. The molecule has 0 bridgehead atoms. The van der Waals surface area contributed by atoms with E-state index in [0.29, 0.717) is 30.9 Å². The van der Waals surface area contributed by atoms with E-state index >= 15 is 0 Å². The fraction of sp³-hybridized carbons (Fsp3) is 0.364. The van der Waals surface area contributed by atoms with Gasteiger partial charge in [0.2, 0.25) is 0 Å². The lowest BCUT2D eigenvalue weighted by Gasteiger charge is -2.07. The average Bonchev–Trinajstić information content (AvgIpc) is 3.17. The van der Waals surface area contributed by atoms with Gasteiger partial charge in [0.15, 0.2) is 0 Å². The minimum absolute atomic E-state index is 0.316. The number of H-pyrrole nitrogens is 1. The van der Waals surface area contributed by atoms with Crippen LogP contribution in [0.1, 0.15) is 57.4 Å². The Morgan fingerprint density at radius 3 is 2.73 bits per heavy atom. The molecule has 1 unspecified atom stereocenters. The standard InChI is InChI=1S/C22H26N2O2/c1-2-19(25)10-4-3-5-11-21(26)22-23-15-20(24-22)18-13-12-16-8-6-7-9-17(16)14-18/h6-9,12-15,21,26H,2-5,10-11H2,1H3,(H,23,24). The van der Waals surface area contributed by atoms with Crippen molar-refractivity contribution in [3.8, 4) is 11.3 Å². The first-order chi connectivity index (χ1) is 12.7. The van der Waals surface area contributed by atoms with E-state index in [2.05, 4.69) is 40.3 Å². The summed E-state index contributed by atoms with van der Waals surface area (Å²) in [5, 5.41) is 12.7. The van der Waals surface area contributed by atoms with Gasteiger partial charge in [-0.25, -0.2) is 4.98 Å². The zero-order valence-corrected chi connectivity index (χ0v) is 15.2. The molecule has 3 aromatic rings. The lowest BCUT2D eigenvalue weighted by molar-refractivity contribution is -0.118. The quantitative estimate of drug-likeness (QED) is 0.522. The van der Waals surface area contributed by atoms with Crippen molar-refractivity contribution < 1.29 is 9.90 Å². The molecule has 26 heavy (non-hydrogen) atoms. The highest BCUT2D eigenvalue weighted by Gasteiger charge is 2.12. The summed E-state index contributed by atoms with van der Waals surface area (Å²) >= 11 is 0. The number of hydrogen-bond acceptors (Lipinski definition) is 3. The van der Waals surface area contributed by atoms with Crippen LogP contribution < -0.4 is 0 Å². The summed E-state index contributed by atoms with van der Waals surface area (Å²) in [7, 11) is 0. The molecule has 136 valence electrons. The number of ketones is 1. The second kappa shape index (κ2) is 8.77. The van der Waals surface area contributed by atoms with Gasteiger partial charge in [0.1, 0.15) is 17.7 Å². The predicted octanol–water partition coefficient (Wildman–Crippen LogP) is 5.19. The zero-order valence-electron chi connectivity index (χ0n) is 15.2. The third-order valence-electron chi connectivity index (χ3n) is 4.80. The first kappa shape index (κ1) is 18.3. The highest BCUT2D eigenvalue weighted by atomic mass is 16.3. The maximum absolute atomic E-state index is 11.3. The Morgan fingerprint density at radius 1 is 1.12 bits per heavy atom. The molecule has 2 N–H and O–H groups in total. The number of rotatable bonds is 9. The Bertz CT molecular complexity index is 869. The number of carbonyl (C=O) groups is 1. The van der Waals surface area contributed by atoms with Crippen LogP contribution in [-0.4, -0.2) is 20.9 Å². The molecule has 4 heteroatoms. The molecule has 0 radical (unpaired) electrons. The summed E-state index contributed by atoms with van der Waals surface area (Å²) in [5.74, 6) is 0.925. The maximum atomic E-state index is 11.3. The van der Waals surface area contributed by atoms with Crippen molar-refractivity contribution in [1.29, 1.82) is 0 Å². The van der Waals surface area contributed by atoms with Gasteiger partial charge in [-0.3, -0.25) is 4.79 Å². The summed E-state index contributed by atoms with van der Waals surface area (Å²) in [6.45, 7) is 1.90. The first-order valence-corrected chi connectivity index (χ1v) is 9.41. The smallest absolute Gasteiger partial charge is 0.135 e. The molecular weight excluding hydrogens is 324 g/mol. The number of aromatic nitrogens is 2. The van der Waals surface area contributed by atoms with E-state index in [1.54, 1.807) is 6.20 Å². The molecule has 0 spiro atoms. The number of aliphatic hydroxyl groups excluding tert-OH is 1. The minimum atomic E-state index is -0.592. The van der Waals surface area contributed by atoms with Gasteiger partial charge < -0.3 is 10.1 Å². The van der Waals surface area contributed by atoms with Gasteiger partial charge in [0.05, 0.1) is 11.9 Å². The molecule has 1 atom stereocenters. The molecule has 0 aliphatic heterocycles. The van der Waals surface area contributed by atoms with Crippen molar-refractivity contribution in [2.75, 3.05) is 0 Å². The summed E-state index contributed by atoms with van der Waals surface area (Å²) in [4.78, 5) is 18.9. The first-order valence-electron chi connectivity index (χ1n) is 9.41. The number of aromatic amines is 1. The number of imidazole rings is 1. The number of carbonyl (C=O) groups excluding carboxylic acids is 1. The van der Waals surface area contributed by atoms with E-state index in [4.69, 9.17) is 0 Å². The second-order valence-electron chi connectivity index (χ2n) is 6.75. The topological polar surface area (TPSA) is 66.0 Å². The normalized spacial score (nSPS) is 12.4. The van der Waals surface area contributed by atoms with Crippen LogP contribution in [0, 0.1) is 0 Å². The van der Waals surface area contributed by atoms with Crippen molar-refractivity contribution in [2.24, 2.45) is 0 Å². The van der Waals surface area contributed by atoms with E-state index in [9.17, 15) is 9.90 Å². The Kier molecular flexibility index (Phi) is 6.18. The van der Waals surface area contributed by atoms with Crippen LogP contribution in [0.15, 0.2) is 48.7 Å². The van der Waals surface area contributed by atoms with Crippen molar-refractivity contribution in [2.45, 2.75) is 51.6 Å². The molecule has 0 saturated carbocycles. The number of fused-ring (bicyclic) bond motifs is 1. The molecule has 1 heterocycles. The number of nitrogens with one attached hydrogen (secondary N) is 1. The highest BCUT2D eigenvalue weighted by Crippen LogP contribution is 2.25. The van der Waals surface area contributed by atoms with Gasteiger partial charge in [-0.05, 0) is 29.7 Å². The molecule has 0 amide bonds.